The number of anilines is 1. The van der Waals surface area contributed by atoms with Gasteiger partial charge in [-0.25, -0.2) is 8.42 Å². The summed E-state index contributed by atoms with van der Waals surface area (Å²) in [6.45, 7) is 7.18. The van der Waals surface area contributed by atoms with Crippen molar-refractivity contribution in [3.8, 4) is 5.75 Å². The third-order valence-corrected chi connectivity index (χ3v) is 4.99. The van der Waals surface area contributed by atoms with Crippen LogP contribution in [0.5, 0.6) is 5.75 Å². The fourth-order valence-electron chi connectivity index (χ4n) is 2.18. The predicted molar refractivity (Wildman–Crippen MR) is 112 cm³/mol. The highest BCUT2D eigenvalue weighted by atomic mass is 32.2. The van der Waals surface area contributed by atoms with Gasteiger partial charge in [-0.05, 0) is 29.8 Å². The lowest BCUT2D eigenvalue weighted by atomic mass is 10.2. The summed E-state index contributed by atoms with van der Waals surface area (Å²) in [5.74, 6) is -0.0248. The largest absolute Gasteiger partial charge is 0.507 e. The summed E-state index contributed by atoms with van der Waals surface area (Å²) in [7, 11) is -3.64. The van der Waals surface area contributed by atoms with Gasteiger partial charge in [0.1, 0.15) is 5.75 Å². The summed E-state index contributed by atoms with van der Waals surface area (Å²) in [6.07, 6.45) is 3.32. The highest BCUT2D eigenvalue weighted by Crippen LogP contribution is 2.24. The molecular formula is C22H21NO3S. The molecule has 0 saturated carbocycles. The zero-order valence-electron chi connectivity index (χ0n) is 14.7. The van der Waals surface area contributed by atoms with E-state index in [1.165, 1.54) is 29.8 Å². The Labute approximate surface area is 160 Å². The first-order valence-corrected chi connectivity index (χ1v) is 9.65. The van der Waals surface area contributed by atoms with E-state index in [1.54, 1.807) is 30.3 Å². The van der Waals surface area contributed by atoms with Crippen molar-refractivity contribution >= 4 is 27.9 Å². The Hall–Kier alpha value is -3.31. The second-order valence-electron chi connectivity index (χ2n) is 5.51. The summed E-state index contributed by atoms with van der Waals surface area (Å²) in [6, 6.07) is 22.6. The summed E-state index contributed by atoms with van der Waals surface area (Å²) < 4.78 is 26.5. The first-order chi connectivity index (χ1) is 13.0. The molecule has 0 fully saturated rings. The normalized spacial score (nSPS) is 10.2. The lowest BCUT2D eigenvalue weighted by Gasteiger charge is -2.09. The molecule has 3 aromatic rings. The van der Waals surface area contributed by atoms with E-state index in [4.69, 9.17) is 0 Å². The molecule has 27 heavy (non-hydrogen) atoms. The van der Waals surface area contributed by atoms with Gasteiger partial charge in [0.25, 0.3) is 10.0 Å². The van der Waals surface area contributed by atoms with Gasteiger partial charge in [0.05, 0.1) is 10.6 Å². The minimum Gasteiger partial charge on any atom is -0.507 e. The molecular weight excluding hydrogens is 358 g/mol. The van der Waals surface area contributed by atoms with Crippen LogP contribution in [0.25, 0.3) is 12.2 Å². The van der Waals surface area contributed by atoms with Crippen molar-refractivity contribution in [2.24, 2.45) is 0 Å². The molecule has 4 nitrogen and oxygen atoms in total. The summed E-state index contributed by atoms with van der Waals surface area (Å²) in [5, 5.41) is 9.65. The van der Waals surface area contributed by atoms with Crippen molar-refractivity contribution in [1.82, 2.24) is 0 Å². The van der Waals surface area contributed by atoms with Crippen molar-refractivity contribution in [3.63, 3.8) is 0 Å². The molecule has 3 rings (SSSR count). The first-order valence-electron chi connectivity index (χ1n) is 8.17. The molecule has 0 bridgehead atoms. The topological polar surface area (TPSA) is 66.4 Å². The maximum atomic E-state index is 12.1. The summed E-state index contributed by atoms with van der Waals surface area (Å²) >= 11 is 0. The second kappa shape index (κ2) is 9.40. The minimum absolute atomic E-state index is 0.0248. The molecule has 0 aliphatic rings. The van der Waals surface area contributed by atoms with Gasteiger partial charge in [0, 0.05) is 11.6 Å². The van der Waals surface area contributed by atoms with Crippen molar-refractivity contribution < 1.29 is 13.5 Å². The van der Waals surface area contributed by atoms with Crippen LogP contribution < -0.4 is 4.72 Å². The lowest BCUT2D eigenvalue weighted by molar-refractivity contribution is 0.474. The quantitative estimate of drug-likeness (QED) is 0.643. The van der Waals surface area contributed by atoms with Gasteiger partial charge in [-0.3, -0.25) is 4.72 Å². The fraction of sp³-hybridized carbons (Fsp3) is 0. The number of rotatable bonds is 5. The molecule has 0 spiro atoms. The fourth-order valence-corrected chi connectivity index (χ4v) is 3.25. The van der Waals surface area contributed by atoms with Crippen LogP contribution in [0.15, 0.2) is 96.9 Å². The van der Waals surface area contributed by atoms with E-state index < -0.39 is 10.0 Å². The Morgan fingerprint density at radius 1 is 0.815 bits per heavy atom. The average molecular weight is 379 g/mol. The third-order valence-electron chi connectivity index (χ3n) is 3.59. The molecule has 0 atom stereocenters. The smallest absolute Gasteiger partial charge is 0.261 e. The summed E-state index contributed by atoms with van der Waals surface area (Å²) in [5.41, 5.74) is 2.02. The maximum absolute atomic E-state index is 12.1. The predicted octanol–water partition coefficient (Wildman–Crippen LogP) is 5.17. The van der Waals surface area contributed by atoms with Gasteiger partial charge in [-0.15, -0.1) is 0 Å². The Balaban J connectivity index is 0.000000273. The number of hydrogen-bond acceptors (Lipinski definition) is 3. The Bertz CT molecular complexity index is 998. The number of phenols is 1. The molecule has 0 aromatic heterocycles. The van der Waals surface area contributed by atoms with E-state index in [2.05, 4.69) is 17.9 Å². The van der Waals surface area contributed by atoms with Crippen LogP contribution in [0, 0.1) is 0 Å². The molecule has 3 aromatic carbocycles. The van der Waals surface area contributed by atoms with E-state index in [0.29, 0.717) is 11.3 Å². The van der Waals surface area contributed by atoms with Gasteiger partial charge < -0.3 is 5.11 Å². The van der Waals surface area contributed by atoms with Gasteiger partial charge in [-0.1, -0.05) is 73.8 Å². The Morgan fingerprint density at radius 3 is 1.89 bits per heavy atom. The van der Waals surface area contributed by atoms with E-state index in [1.807, 2.05) is 36.4 Å². The monoisotopic (exact) mass is 379 g/mol. The van der Waals surface area contributed by atoms with Crippen molar-refractivity contribution in [2.75, 3.05) is 4.72 Å². The molecule has 5 heteroatoms. The van der Waals surface area contributed by atoms with Gasteiger partial charge in [0.15, 0.2) is 0 Å². The maximum Gasteiger partial charge on any atom is 0.261 e. The number of aromatic hydroxyl groups is 1. The molecule has 0 amide bonds. The molecule has 0 saturated heterocycles. The van der Waals surface area contributed by atoms with Crippen molar-refractivity contribution in [2.45, 2.75) is 4.90 Å². The van der Waals surface area contributed by atoms with E-state index in [-0.39, 0.29) is 10.6 Å². The number of hydrogen-bond donors (Lipinski definition) is 2. The summed E-state index contributed by atoms with van der Waals surface area (Å²) in [4.78, 5) is 0.169. The molecule has 0 aliphatic carbocycles. The molecule has 138 valence electrons. The van der Waals surface area contributed by atoms with Crippen LogP contribution in [0.2, 0.25) is 0 Å². The van der Waals surface area contributed by atoms with Gasteiger partial charge in [-0.2, -0.15) is 0 Å². The molecule has 0 heterocycles. The van der Waals surface area contributed by atoms with Crippen LogP contribution in [0.3, 0.4) is 0 Å². The highest BCUT2D eigenvalue weighted by Gasteiger charge is 2.13. The number of phenolic OH excluding ortho intramolecular Hbond substituents is 1. The van der Waals surface area contributed by atoms with Crippen molar-refractivity contribution in [1.29, 1.82) is 0 Å². The highest BCUT2D eigenvalue weighted by molar-refractivity contribution is 7.92. The minimum atomic E-state index is -3.64. The van der Waals surface area contributed by atoms with Crippen molar-refractivity contribution in [3.05, 3.63) is 103 Å². The average Bonchev–Trinajstić information content (AvgIpc) is 2.70. The van der Waals surface area contributed by atoms with Crippen LogP contribution in [-0.4, -0.2) is 13.5 Å². The zero-order chi connectivity index (χ0) is 19.7. The van der Waals surface area contributed by atoms with Crippen LogP contribution in [-0.2, 0) is 10.0 Å². The van der Waals surface area contributed by atoms with Gasteiger partial charge >= 0.3 is 0 Å². The number of benzene rings is 3. The number of nitrogens with one attached hydrogen (secondary N) is 1. The first kappa shape index (κ1) is 20.0. The van der Waals surface area contributed by atoms with Crippen LogP contribution in [0.4, 0.5) is 5.69 Å². The van der Waals surface area contributed by atoms with Crippen LogP contribution in [0.1, 0.15) is 11.1 Å². The number of sulfonamides is 1. The second-order valence-corrected chi connectivity index (χ2v) is 7.19. The van der Waals surface area contributed by atoms with E-state index in [0.717, 1.165) is 0 Å². The Kier molecular flexibility index (Phi) is 6.97. The third kappa shape index (κ3) is 5.87. The van der Waals surface area contributed by atoms with E-state index in [9.17, 15) is 13.5 Å². The lowest BCUT2D eigenvalue weighted by Crippen LogP contribution is -2.12. The van der Waals surface area contributed by atoms with E-state index >= 15 is 0 Å². The zero-order valence-corrected chi connectivity index (χ0v) is 15.6. The SMILES string of the molecule is C=Cc1ccc(NS(=O)(=O)c2ccccc2)cc1O.C=Cc1ccccc1. The molecule has 0 unspecified atom stereocenters. The molecule has 2 N–H and O–H groups in total. The molecule has 0 radical (unpaired) electrons. The molecule has 0 aliphatic heterocycles. The standard InChI is InChI=1S/C14H13NO3S.C8H8/c1-2-11-8-9-12(10-14(11)16)15-19(17,18)13-6-4-3-5-7-13;1-2-8-6-4-3-5-7-8/h2-10,15-16H,1H2;2-7H,1H2. The van der Waals surface area contributed by atoms with Crippen LogP contribution >= 0.6 is 0 Å². The Morgan fingerprint density at radius 2 is 1.41 bits per heavy atom. The van der Waals surface area contributed by atoms with Gasteiger partial charge in [0.2, 0.25) is 0 Å².